The van der Waals surface area contributed by atoms with E-state index in [1.165, 1.54) is 0 Å². The summed E-state index contributed by atoms with van der Waals surface area (Å²) in [7, 11) is 0. The van der Waals surface area contributed by atoms with Gasteiger partial charge in [0, 0.05) is 44.2 Å². The SMILES string of the molecule is C=C(/N=C\C(=C/C(C)CC)CCN)c1ccc(C#N)cc1Cn1cc(CN2CCC(F)CC2)nc1C. The Balaban J connectivity index is 1.81. The lowest BCUT2D eigenvalue weighted by molar-refractivity contribution is 0.144. The standard InChI is InChI=1S/C29H39FN6/c1-5-21(2)14-25(8-11-31)17-33-22(3)29-7-6-24(16-32)15-26(29)18-36-20-28(34-23(36)4)19-35-12-9-27(30)10-13-35/h6-7,14-15,17,20-21,27H,3,5,8-13,18-19,31H2,1-2,4H3/b25-14-,33-17-. The zero-order valence-electron chi connectivity index (χ0n) is 21.9. The van der Waals surface area contributed by atoms with Gasteiger partial charge in [-0.25, -0.2) is 9.37 Å². The number of nitrogens with zero attached hydrogens (tertiary/aromatic N) is 5. The van der Waals surface area contributed by atoms with Crippen molar-refractivity contribution in [3.63, 3.8) is 0 Å². The van der Waals surface area contributed by atoms with Crippen molar-refractivity contribution in [2.45, 2.75) is 65.7 Å². The van der Waals surface area contributed by atoms with E-state index in [1.807, 2.05) is 25.3 Å². The van der Waals surface area contributed by atoms with Crippen LogP contribution in [0.1, 0.15) is 67.7 Å². The van der Waals surface area contributed by atoms with Gasteiger partial charge in [0.1, 0.15) is 12.0 Å². The van der Waals surface area contributed by atoms with Crippen molar-refractivity contribution in [2.24, 2.45) is 16.6 Å². The number of aryl methyl sites for hydroxylation is 1. The third-order valence-electron chi connectivity index (χ3n) is 6.78. The molecule has 1 aromatic carbocycles. The van der Waals surface area contributed by atoms with Gasteiger partial charge >= 0.3 is 0 Å². The monoisotopic (exact) mass is 490 g/mol. The van der Waals surface area contributed by atoms with E-state index in [0.717, 1.165) is 60.7 Å². The number of allylic oxidation sites excluding steroid dienone is 1. The minimum Gasteiger partial charge on any atom is -0.330 e. The zero-order chi connectivity index (χ0) is 26.1. The van der Waals surface area contributed by atoms with Crippen LogP contribution in [0.5, 0.6) is 0 Å². The van der Waals surface area contributed by atoms with Gasteiger partial charge in [0.2, 0.25) is 0 Å². The van der Waals surface area contributed by atoms with Gasteiger partial charge < -0.3 is 10.3 Å². The van der Waals surface area contributed by atoms with Crippen LogP contribution in [0.3, 0.4) is 0 Å². The minimum atomic E-state index is -0.681. The number of likely N-dealkylation sites (tertiary alicyclic amines) is 1. The first-order valence-electron chi connectivity index (χ1n) is 12.9. The molecule has 1 atom stereocenters. The summed E-state index contributed by atoms with van der Waals surface area (Å²) in [5, 5.41) is 9.49. The summed E-state index contributed by atoms with van der Waals surface area (Å²) in [6, 6.07) is 7.86. The van der Waals surface area contributed by atoms with Crippen molar-refractivity contribution in [1.29, 1.82) is 5.26 Å². The first-order valence-corrected chi connectivity index (χ1v) is 12.9. The van der Waals surface area contributed by atoms with E-state index in [4.69, 9.17) is 10.7 Å². The number of hydrogen-bond donors (Lipinski definition) is 1. The highest BCUT2D eigenvalue weighted by Gasteiger charge is 2.19. The predicted octanol–water partition coefficient (Wildman–Crippen LogP) is 5.41. The van der Waals surface area contributed by atoms with Crippen molar-refractivity contribution < 1.29 is 4.39 Å². The number of halogens is 1. The van der Waals surface area contributed by atoms with Gasteiger partial charge in [0.25, 0.3) is 0 Å². The summed E-state index contributed by atoms with van der Waals surface area (Å²) in [5.74, 6) is 1.35. The number of aliphatic imine (C=N–C) groups is 1. The van der Waals surface area contributed by atoms with Crippen LogP contribution in [0.25, 0.3) is 5.70 Å². The van der Waals surface area contributed by atoms with E-state index in [1.54, 1.807) is 6.07 Å². The van der Waals surface area contributed by atoms with Gasteiger partial charge in [-0.3, -0.25) is 9.89 Å². The fourth-order valence-electron chi connectivity index (χ4n) is 4.43. The van der Waals surface area contributed by atoms with Crippen LogP contribution in [-0.2, 0) is 13.1 Å². The molecule has 0 saturated carbocycles. The van der Waals surface area contributed by atoms with Gasteiger partial charge in [0.15, 0.2) is 0 Å². The molecule has 0 amide bonds. The second-order valence-corrected chi connectivity index (χ2v) is 9.71. The molecule has 1 aliphatic rings. The van der Waals surface area contributed by atoms with Gasteiger partial charge in [-0.1, -0.05) is 39.0 Å². The highest BCUT2D eigenvalue weighted by atomic mass is 19.1. The second kappa shape index (κ2) is 13.3. The zero-order valence-corrected chi connectivity index (χ0v) is 21.9. The van der Waals surface area contributed by atoms with Crippen LogP contribution in [0.15, 0.2) is 47.6 Å². The first kappa shape index (κ1) is 27.5. The lowest BCUT2D eigenvalue weighted by Gasteiger charge is -2.27. The molecule has 2 heterocycles. The third kappa shape index (κ3) is 7.71. The van der Waals surface area contributed by atoms with Crippen LogP contribution in [0, 0.1) is 24.2 Å². The Morgan fingerprint density at radius 3 is 2.78 bits per heavy atom. The number of piperidine rings is 1. The molecule has 2 aromatic rings. The maximum absolute atomic E-state index is 13.5. The topological polar surface area (TPSA) is 83.2 Å². The number of alkyl halides is 1. The van der Waals surface area contributed by atoms with E-state index in [9.17, 15) is 9.65 Å². The van der Waals surface area contributed by atoms with E-state index in [-0.39, 0.29) is 0 Å². The Labute approximate surface area is 215 Å². The quantitative estimate of drug-likeness (QED) is 0.427. The van der Waals surface area contributed by atoms with Crippen LogP contribution >= 0.6 is 0 Å². The molecule has 7 heteroatoms. The molecule has 0 aliphatic carbocycles. The fraction of sp³-hybridized carbons (Fsp3) is 0.483. The van der Waals surface area contributed by atoms with Gasteiger partial charge in [-0.05, 0) is 61.9 Å². The molecule has 0 spiro atoms. The number of rotatable bonds is 11. The van der Waals surface area contributed by atoms with Crippen molar-refractivity contribution >= 4 is 11.9 Å². The highest BCUT2D eigenvalue weighted by molar-refractivity contribution is 5.84. The summed E-state index contributed by atoms with van der Waals surface area (Å²) in [6.07, 6.45) is 8.46. The molecule has 6 nitrogen and oxygen atoms in total. The number of benzene rings is 1. The number of imidazole rings is 1. The maximum Gasteiger partial charge on any atom is 0.106 e. The Hall–Kier alpha value is -3.08. The molecule has 1 unspecified atom stereocenters. The Bertz CT molecular complexity index is 1130. The molecule has 2 N–H and O–H groups in total. The summed E-state index contributed by atoms with van der Waals surface area (Å²) in [5.41, 5.74) is 11.0. The van der Waals surface area contributed by atoms with Crippen molar-refractivity contribution in [2.75, 3.05) is 19.6 Å². The number of aromatic nitrogens is 2. The minimum absolute atomic E-state index is 0.457. The lowest BCUT2D eigenvalue weighted by atomic mass is 10.0. The van der Waals surface area contributed by atoms with Crippen LogP contribution in [0.4, 0.5) is 4.39 Å². The maximum atomic E-state index is 13.5. The van der Waals surface area contributed by atoms with Gasteiger partial charge in [0.05, 0.1) is 23.0 Å². The van der Waals surface area contributed by atoms with Crippen molar-refractivity contribution in [3.05, 3.63) is 70.8 Å². The molecule has 36 heavy (non-hydrogen) atoms. The van der Waals surface area contributed by atoms with E-state index in [0.29, 0.717) is 43.1 Å². The average molecular weight is 491 g/mol. The third-order valence-corrected chi connectivity index (χ3v) is 6.78. The Morgan fingerprint density at radius 2 is 2.11 bits per heavy atom. The number of nitriles is 1. The van der Waals surface area contributed by atoms with E-state index in [2.05, 4.69) is 53.2 Å². The molecule has 0 bridgehead atoms. The van der Waals surface area contributed by atoms with Crippen molar-refractivity contribution in [1.82, 2.24) is 14.5 Å². The highest BCUT2D eigenvalue weighted by Crippen LogP contribution is 2.23. The molecule has 1 saturated heterocycles. The molecule has 1 fully saturated rings. The van der Waals surface area contributed by atoms with E-state index < -0.39 is 6.17 Å². The van der Waals surface area contributed by atoms with Gasteiger partial charge in [-0.15, -0.1) is 0 Å². The molecule has 192 valence electrons. The summed E-state index contributed by atoms with van der Waals surface area (Å²) in [4.78, 5) is 11.7. The Kier molecular flexibility index (Phi) is 10.2. The smallest absolute Gasteiger partial charge is 0.106 e. The first-order chi connectivity index (χ1) is 17.3. The lowest BCUT2D eigenvalue weighted by Crippen LogP contribution is -2.33. The van der Waals surface area contributed by atoms with E-state index >= 15 is 0 Å². The van der Waals surface area contributed by atoms with Crippen molar-refractivity contribution in [3.8, 4) is 6.07 Å². The molecular formula is C29H39FN6. The number of nitrogens with two attached hydrogens (primary N) is 1. The normalized spacial score (nSPS) is 16.4. The molecule has 0 radical (unpaired) electrons. The molecular weight excluding hydrogens is 451 g/mol. The summed E-state index contributed by atoms with van der Waals surface area (Å²) in [6.45, 7) is 13.9. The number of hydrogen-bond acceptors (Lipinski definition) is 5. The average Bonchev–Trinajstić information content (AvgIpc) is 3.21. The Morgan fingerprint density at radius 1 is 1.36 bits per heavy atom. The fourth-order valence-corrected chi connectivity index (χ4v) is 4.43. The summed E-state index contributed by atoms with van der Waals surface area (Å²) >= 11 is 0. The van der Waals surface area contributed by atoms with Crippen LogP contribution < -0.4 is 5.73 Å². The summed E-state index contributed by atoms with van der Waals surface area (Å²) < 4.78 is 15.6. The largest absolute Gasteiger partial charge is 0.330 e. The van der Waals surface area contributed by atoms with Crippen LogP contribution in [-0.4, -0.2) is 46.5 Å². The van der Waals surface area contributed by atoms with Gasteiger partial charge in [-0.2, -0.15) is 5.26 Å². The predicted molar refractivity (Wildman–Crippen MR) is 145 cm³/mol. The second-order valence-electron chi connectivity index (χ2n) is 9.71. The van der Waals surface area contributed by atoms with Crippen LogP contribution in [0.2, 0.25) is 0 Å². The molecule has 1 aromatic heterocycles. The molecule has 1 aliphatic heterocycles. The molecule has 3 rings (SSSR count).